The van der Waals surface area contributed by atoms with Crippen LogP contribution in [0.1, 0.15) is 26.6 Å². The quantitative estimate of drug-likeness (QED) is 0.822. The van der Waals surface area contributed by atoms with Crippen molar-refractivity contribution in [2.75, 3.05) is 0 Å². The molecule has 1 aromatic heterocycles. The third-order valence-corrected chi connectivity index (χ3v) is 2.06. The number of hydrogen-bond donors (Lipinski definition) is 1. The molecule has 0 saturated carbocycles. The van der Waals surface area contributed by atoms with E-state index in [1.807, 2.05) is 20.8 Å². The molecule has 18 heavy (non-hydrogen) atoms. The summed E-state index contributed by atoms with van der Waals surface area (Å²) in [6, 6.07) is 0. The Hall–Kier alpha value is -1.25. The first-order valence-electron chi connectivity index (χ1n) is 5.28. The molecule has 0 spiro atoms. The van der Waals surface area contributed by atoms with E-state index in [0.29, 0.717) is 4.68 Å². The molecule has 1 aromatic rings. The van der Waals surface area contributed by atoms with Crippen LogP contribution >= 0.6 is 0 Å². The Balaban J connectivity index is 2.71. The van der Waals surface area contributed by atoms with Crippen LogP contribution < -0.4 is 5.32 Å². The van der Waals surface area contributed by atoms with E-state index in [1.54, 1.807) is 0 Å². The van der Waals surface area contributed by atoms with Crippen LogP contribution in [0.4, 0.5) is 17.6 Å². The minimum absolute atomic E-state index is 0.0882. The molecule has 0 aliphatic heterocycles. The van der Waals surface area contributed by atoms with Gasteiger partial charge in [-0.15, -0.1) is 5.10 Å². The molecule has 104 valence electrons. The Morgan fingerprint density at radius 1 is 1.28 bits per heavy atom. The molecule has 1 N–H and O–H groups in total. The Bertz CT molecular complexity index is 385. The Morgan fingerprint density at radius 2 is 1.89 bits per heavy atom. The van der Waals surface area contributed by atoms with Gasteiger partial charge in [0, 0.05) is 5.54 Å². The largest absolute Gasteiger partial charge is 0.326 e. The lowest BCUT2D eigenvalue weighted by atomic mass is 10.1. The summed E-state index contributed by atoms with van der Waals surface area (Å²) in [7, 11) is 0. The number of tetrazole rings is 1. The van der Waals surface area contributed by atoms with E-state index in [4.69, 9.17) is 0 Å². The Labute approximate surface area is 102 Å². The minimum Gasteiger partial charge on any atom is -0.305 e. The lowest BCUT2D eigenvalue weighted by Crippen LogP contribution is -2.37. The maximum Gasteiger partial charge on any atom is 0.326 e. The van der Waals surface area contributed by atoms with Crippen molar-refractivity contribution in [3.8, 4) is 0 Å². The molecule has 0 fully saturated rings. The van der Waals surface area contributed by atoms with Crippen molar-refractivity contribution in [1.29, 1.82) is 0 Å². The van der Waals surface area contributed by atoms with Crippen molar-refractivity contribution in [2.45, 2.75) is 51.7 Å². The van der Waals surface area contributed by atoms with Crippen molar-refractivity contribution in [3.05, 3.63) is 5.82 Å². The number of rotatable bonds is 5. The summed E-state index contributed by atoms with van der Waals surface area (Å²) in [5, 5.41) is 13.0. The van der Waals surface area contributed by atoms with Crippen molar-refractivity contribution in [1.82, 2.24) is 25.5 Å². The van der Waals surface area contributed by atoms with E-state index >= 15 is 0 Å². The predicted octanol–water partition coefficient (Wildman–Crippen LogP) is 1.46. The van der Waals surface area contributed by atoms with Crippen LogP contribution in [-0.4, -0.2) is 38.1 Å². The van der Waals surface area contributed by atoms with Gasteiger partial charge in [0.15, 0.2) is 5.82 Å². The normalized spacial score (nSPS) is 13.3. The number of halogens is 4. The third-order valence-electron chi connectivity index (χ3n) is 2.06. The Morgan fingerprint density at radius 3 is 2.39 bits per heavy atom. The van der Waals surface area contributed by atoms with E-state index in [2.05, 4.69) is 20.8 Å². The zero-order valence-corrected chi connectivity index (χ0v) is 10.3. The third kappa shape index (κ3) is 4.21. The monoisotopic (exact) mass is 269 g/mol. The van der Waals surface area contributed by atoms with Crippen molar-refractivity contribution in [3.63, 3.8) is 0 Å². The fraction of sp³-hybridized carbons (Fsp3) is 0.889. The second kappa shape index (κ2) is 5.17. The standard InChI is InChI=1S/C9H15F4N5/c1-8(2,3)14-4-6-15-16-17-18(6)5-9(12,13)7(10)11/h7,14H,4-5H2,1-3H3. The lowest BCUT2D eigenvalue weighted by Gasteiger charge is -2.20. The molecule has 0 aliphatic carbocycles. The maximum absolute atomic E-state index is 12.9. The molecule has 5 nitrogen and oxygen atoms in total. The second-order valence-corrected chi connectivity index (χ2v) is 4.92. The molecule has 0 aliphatic rings. The van der Waals surface area contributed by atoms with Crippen LogP contribution in [0.2, 0.25) is 0 Å². The second-order valence-electron chi connectivity index (χ2n) is 4.92. The SMILES string of the molecule is CC(C)(C)NCc1nnnn1CC(F)(F)C(F)F. The number of nitrogens with zero attached hydrogens (tertiary/aromatic N) is 4. The highest BCUT2D eigenvalue weighted by atomic mass is 19.3. The average Bonchev–Trinajstić information content (AvgIpc) is 2.60. The van der Waals surface area contributed by atoms with Crippen molar-refractivity contribution < 1.29 is 17.6 Å². The first kappa shape index (κ1) is 14.8. The van der Waals surface area contributed by atoms with Crippen molar-refractivity contribution >= 4 is 0 Å². The fourth-order valence-corrected chi connectivity index (χ4v) is 1.09. The number of alkyl halides is 4. The highest BCUT2D eigenvalue weighted by Gasteiger charge is 2.42. The summed E-state index contributed by atoms with van der Waals surface area (Å²) >= 11 is 0. The topological polar surface area (TPSA) is 55.6 Å². The summed E-state index contributed by atoms with van der Waals surface area (Å²) in [6.07, 6.45) is -3.75. The van der Waals surface area contributed by atoms with E-state index in [9.17, 15) is 17.6 Å². The van der Waals surface area contributed by atoms with Gasteiger partial charge in [0.1, 0.15) is 6.54 Å². The van der Waals surface area contributed by atoms with Gasteiger partial charge >= 0.3 is 12.3 Å². The minimum atomic E-state index is -4.15. The zero-order valence-electron chi connectivity index (χ0n) is 10.3. The van der Waals surface area contributed by atoms with Crippen LogP contribution in [0, 0.1) is 0 Å². The summed E-state index contributed by atoms with van der Waals surface area (Å²) in [5.74, 6) is -4.06. The average molecular weight is 269 g/mol. The van der Waals surface area contributed by atoms with Crippen LogP contribution in [0.5, 0.6) is 0 Å². The molecule has 9 heteroatoms. The summed E-state index contributed by atoms with van der Waals surface area (Å²) in [4.78, 5) is 0. The van der Waals surface area contributed by atoms with Gasteiger partial charge in [-0.1, -0.05) is 0 Å². The van der Waals surface area contributed by atoms with Gasteiger partial charge in [-0.3, -0.25) is 0 Å². The van der Waals surface area contributed by atoms with E-state index in [-0.39, 0.29) is 17.9 Å². The summed E-state index contributed by atoms with van der Waals surface area (Å²) < 4.78 is 50.6. The maximum atomic E-state index is 12.9. The zero-order chi connectivity index (χ0) is 14.0. The van der Waals surface area contributed by atoms with Gasteiger partial charge in [-0.2, -0.15) is 8.78 Å². The highest BCUT2D eigenvalue weighted by molar-refractivity contribution is 4.85. The molecule has 0 unspecified atom stereocenters. The molecule has 1 rings (SSSR count). The highest BCUT2D eigenvalue weighted by Crippen LogP contribution is 2.24. The van der Waals surface area contributed by atoms with Crippen LogP contribution in [-0.2, 0) is 13.1 Å². The van der Waals surface area contributed by atoms with Gasteiger partial charge in [-0.05, 0) is 31.2 Å². The molecule has 0 atom stereocenters. The smallest absolute Gasteiger partial charge is 0.305 e. The molecular formula is C9H15F4N5. The van der Waals surface area contributed by atoms with E-state index in [0.717, 1.165) is 0 Å². The number of nitrogens with one attached hydrogen (secondary N) is 1. The van der Waals surface area contributed by atoms with E-state index in [1.165, 1.54) is 0 Å². The molecule has 0 radical (unpaired) electrons. The number of aromatic nitrogens is 4. The summed E-state index contributed by atoms with van der Waals surface area (Å²) in [5.41, 5.74) is -0.262. The van der Waals surface area contributed by atoms with Crippen molar-refractivity contribution in [2.24, 2.45) is 0 Å². The molecule has 0 bridgehead atoms. The van der Waals surface area contributed by atoms with Crippen LogP contribution in [0.3, 0.4) is 0 Å². The van der Waals surface area contributed by atoms with Crippen LogP contribution in [0.25, 0.3) is 0 Å². The molecule has 0 saturated heterocycles. The van der Waals surface area contributed by atoms with Crippen LogP contribution in [0.15, 0.2) is 0 Å². The first-order valence-corrected chi connectivity index (χ1v) is 5.28. The molecule has 0 amide bonds. The van der Waals surface area contributed by atoms with Gasteiger partial charge in [0.05, 0.1) is 6.54 Å². The van der Waals surface area contributed by atoms with E-state index < -0.39 is 18.9 Å². The van der Waals surface area contributed by atoms with Gasteiger partial charge < -0.3 is 5.32 Å². The predicted molar refractivity (Wildman–Crippen MR) is 55.4 cm³/mol. The van der Waals surface area contributed by atoms with Gasteiger partial charge in [0.2, 0.25) is 0 Å². The van der Waals surface area contributed by atoms with Gasteiger partial charge in [-0.25, -0.2) is 13.5 Å². The van der Waals surface area contributed by atoms with Gasteiger partial charge in [0.25, 0.3) is 0 Å². The number of hydrogen-bond acceptors (Lipinski definition) is 4. The summed E-state index contributed by atoms with van der Waals surface area (Å²) in [6.45, 7) is 4.49. The fourth-order valence-electron chi connectivity index (χ4n) is 1.09. The lowest BCUT2D eigenvalue weighted by molar-refractivity contribution is -0.140. The molecule has 1 heterocycles. The first-order chi connectivity index (χ1) is 8.12. The molecule has 0 aromatic carbocycles. The Kier molecular flexibility index (Phi) is 4.25. The molecular weight excluding hydrogens is 254 g/mol.